The molecule has 100 valence electrons. The average molecular weight is 263 g/mol. The zero-order valence-corrected chi connectivity index (χ0v) is 10.2. The monoisotopic (exact) mass is 263 g/mol. The van der Waals surface area contributed by atoms with Gasteiger partial charge in [-0.15, -0.1) is 0 Å². The Hall–Kier alpha value is -2.34. The first-order valence-corrected chi connectivity index (χ1v) is 5.67. The van der Waals surface area contributed by atoms with Crippen molar-refractivity contribution in [2.45, 2.75) is 13.0 Å². The van der Waals surface area contributed by atoms with Crippen LogP contribution in [0.25, 0.3) is 11.0 Å². The summed E-state index contributed by atoms with van der Waals surface area (Å²) in [5, 5.41) is 20.6. The fourth-order valence-electron chi connectivity index (χ4n) is 1.80. The topological polar surface area (TPSA) is 99.8 Å². The van der Waals surface area contributed by atoms with E-state index in [1.54, 1.807) is 19.1 Å². The second kappa shape index (κ2) is 5.11. The molecular weight excluding hydrogens is 250 g/mol. The van der Waals surface area contributed by atoms with E-state index >= 15 is 0 Å². The lowest BCUT2D eigenvalue weighted by molar-refractivity contribution is -0.140. The number of carbonyl (C=O) groups excluding carboxylic acids is 1. The highest BCUT2D eigenvalue weighted by Crippen LogP contribution is 2.24. The summed E-state index contributed by atoms with van der Waals surface area (Å²) < 4.78 is 5.40. The number of aliphatic hydroxyl groups is 1. The van der Waals surface area contributed by atoms with Gasteiger partial charge in [-0.25, -0.2) is 4.79 Å². The van der Waals surface area contributed by atoms with E-state index in [4.69, 9.17) is 14.6 Å². The number of furan rings is 1. The van der Waals surface area contributed by atoms with E-state index in [0.29, 0.717) is 11.1 Å². The van der Waals surface area contributed by atoms with Crippen LogP contribution in [0.3, 0.4) is 0 Å². The van der Waals surface area contributed by atoms with Gasteiger partial charge in [0.2, 0.25) is 0 Å². The van der Waals surface area contributed by atoms with E-state index in [1.165, 1.54) is 0 Å². The van der Waals surface area contributed by atoms with Crippen molar-refractivity contribution >= 4 is 22.8 Å². The lowest BCUT2D eigenvalue weighted by atomic mass is 10.1. The number of hydrogen-bond donors (Lipinski definition) is 3. The van der Waals surface area contributed by atoms with Gasteiger partial charge >= 0.3 is 5.97 Å². The molecular formula is C13H13NO5. The number of fused-ring (bicyclic) bond motifs is 1. The van der Waals surface area contributed by atoms with E-state index in [0.717, 1.165) is 5.39 Å². The Bertz CT molecular complexity index is 631. The van der Waals surface area contributed by atoms with E-state index in [2.05, 4.69) is 5.32 Å². The minimum Gasteiger partial charge on any atom is -0.480 e. The second-order valence-electron chi connectivity index (χ2n) is 4.10. The molecule has 0 bridgehead atoms. The SMILES string of the molecule is Cc1c(C(=O)NC(CO)C(=O)O)oc2ccccc12. The van der Waals surface area contributed by atoms with Crippen LogP contribution in [-0.2, 0) is 4.79 Å². The van der Waals surface area contributed by atoms with Crippen molar-refractivity contribution in [1.29, 1.82) is 0 Å². The molecule has 0 radical (unpaired) electrons. The average Bonchev–Trinajstić information content (AvgIpc) is 2.73. The summed E-state index contributed by atoms with van der Waals surface area (Å²) in [4.78, 5) is 22.7. The van der Waals surface area contributed by atoms with Crippen molar-refractivity contribution in [3.8, 4) is 0 Å². The molecule has 0 saturated heterocycles. The highest BCUT2D eigenvalue weighted by molar-refractivity contribution is 6.00. The fourth-order valence-corrected chi connectivity index (χ4v) is 1.80. The van der Waals surface area contributed by atoms with Gasteiger partial charge in [-0.05, 0) is 13.0 Å². The molecule has 3 N–H and O–H groups in total. The highest BCUT2D eigenvalue weighted by atomic mass is 16.4. The number of carbonyl (C=O) groups is 2. The number of para-hydroxylation sites is 1. The third-order valence-corrected chi connectivity index (χ3v) is 2.84. The summed E-state index contributed by atoms with van der Waals surface area (Å²) in [5.41, 5.74) is 1.19. The van der Waals surface area contributed by atoms with Gasteiger partial charge in [0.05, 0.1) is 6.61 Å². The van der Waals surface area contributed by atoms with Crippen LogP contribution in [0.15, 0.2) is 28.7 Å². The minimum atomic E-state index is -1.35. The molecule has 1 atom stereocenters. The maximum atomic E-state index is 11.9. The summed E-state index contributed by atoms with van der Waals surface area (Å²) in [5.74, 6) is -1.90. The smallest absolute Gasteiger partial charge is 0.328 e. The van der Waals surface area contributed by atoms with E-state index in [-0.39, 0.29) is 5.76 Å². The molecule has 0 saturated carbocycles. The van der Waals surface area contributed by atoms with Gasteiger partial charge in [0.1, 0.15) is 5.58 Å². The predicted molar refractivity (Wildman–Crippen MR) is 66.9 cm³/mol. The number of benzene rings is 1. The Morgan fingerprint density at radius 1 is 1.37 bits per heavy atom. The quantitative estimate of drug-likeness (QED) is 0.761. The van der Waals surface area contributed by atoms with Crippen molar-refractivity contribution in [3.05, 3.63) is 35.6 Å². The summed E-state index contributed by atoms with van der Waals surface area (Å²) >= 11 is 0. The summed E-state index contributed by atoms with van der Waals surface area (Å²) in [6, 6.07) is 5.78. The van der Waals surface area contributed by atoms with Crippen LogP contribution in [0, 0.1) is 6.92 Å². The molecule has 0 aliphatic heterocycles. The molecule has 0 aliphatic rings. The number of aryl methyl sites for hydroxylation is 1. The first kappa shape index (κ1) is 13.1. The molecule has 1 aromatic heterocycles. The van der Waals surface area contributed by atoms with Crippen LogP contribution in [0.2, 0.25) is 0 Å². The maximum absolute atomic E-state index is 11.9. The lowest BCUT2D eigenvalue weighted by Crippen LogP contribution is -2.43. The summed E-state index contributed by atoms with van der Waals surface area (Å²) in [6.07, 6.45) is 0. The Morgan fingerprint density at radius 3 is 2.63 bits per heavy atom. The number of amides is 1. The number of nitrogens with one attached hydrogen (secondary N) is 1. The van der Waals surface area contributed by atoms with Gasteiger partial charge in [0.15, 0.2) is 11.8 Å². The number of carboxylic acid groups (broad SMARTS) is 1. The Kier molecular flexibility index (Phi) is 3.52. The Morgan fingerprint density at radius 2 is 2.05 bits per heavy atom. The van der Waals surface area contributed by atoms with E-state index < -0.39 is 24.5 Å². The van der Waals surface area contributed by atoms with Gasteiger partial charge in [0, 0.05) is 10.9 Å². The van der Waals surface area contributed by atoms with Crippen molar-refractivity contribution in [2.75, 3.05) is 6.61 Å². The van der Waals surface area contributed by atoms with Gasteiger partial charge in [-0.3, -0.25) is 4.79 Å². The van der Waals surface area contributed by atoms with Crippen molar-refractivity contribution in [3.63, 3.8) is 0 Å². The molecule has 0 spiro atoms. The number of aliphatic carboxylic acids is 1. The van der Waals surface area contributed by atoms with Crippen LogP contribution in [-0.4, -0.2) is 34.7 Å². The Balaban J connectivity index is 2.31. The fraction of sp³-hybridized carbons (Fsp3) is 0.231. The number of carboxylic acids is 1. The normalized spacial score (nSPS) is 12.3. The molecule has 1 amide bonds. The largest absolute Gasteiger partial charge is 0.480 e. The molecule has 0 aliphatic carbocycles. The van der Waals surface area contributed by atoms with Crippen molar-refractivity contribution in [2.24, 2.45) is 0 Å². The lowest BCUT2D eigenvalue weighted by Gasteiger charge is -2.10. The molecule has 2 rings (SSSR count). The van der Waals surface area contributed by atoms with E-state index in [1.807, 2.05) is 12.1 Å². The first-order chi connectivity index (χ1) is 9.04. The van der Waals surface area contributed by atoms with Crippen LogP contribution in [0.1, 0.15) is 16.1 Å². The van der Waals surface area contributed by atoms with Crippen molar-refractivity contribution in [1.82, 2.24) is 5.32 Å². The molecule has 2 aromatic rings. The van der Waals surface area contributed by atoms with Gasteiger partial charge in [0.25, 0.3) is 5.91 Å². The van der Waals surface area contributed by atoms with Gasteiger partial charge in [-0.1, -0.05) is 18.2 Å². The molecule has 1 heterocycles. The number of aliphatic hydroxyl groups excluding tert-OH is 1. The van der Waals surface area contributed by atoms with Crippen molar-refractivity contribution < 1.29 is 24.2 Å². The maximum Gasteiger partial charge on any atom is 0.328 e. The zero-order chi connectivity index (χ0) is 14.0. The standard InChI is InChI=1S/C13H13NO5/c1-7-8-4-2-3-5-10(8)19-11(7)12(16)14-9(6-15)13(17)18/h2-5,9,15H,6H2,1H3,(H,14,16)(H,17,18). The molecule has 6 heteroatoms. The summed E-state index contributed by atoms with van der Waals surface area (Å²) in [6.45, 7) is 1.04. The van der Waals surface area contributed by atoms with Gasteiger partial charge < -0.3 is 19.9 Å². The highest BCUT2D eigenvalue weighted by Gasteiger charge is 2.23. The first-order valence-electron chi connectivity index (χ1n) is 5.67. The molecule has 6 nitrogen and oxygen atoms in total. The Labute approximate surface area is 108 Å². The molecule has 1 aromatic carbocycles. The second-order valence-corrected chi connectivity index (χ2v) is 4.10. The number of rotatable bonds is 4. The molecule has 0 fully saturated rings. The third kappa shape index (κ3) is 2.43. The summed E-state index contributed by atoms with van der Waals surface area (Å²) in [7, 11) is 0. The third-order valence-electron chi connectivity index (χ3n) is 2.84. The van der Waals surface area contributed by atoms with Crippen LogP contribution in [0.5, 0.6) is 0 Å². The van der Waals surface area contributed by atoms with E-state index in [9.17, 15) is 9.59 Å². The molecule has 1 unspecified atom stereocenters. The van der Waals surface area contributed by atoms with Crippen LogP contribution in [0.4, 0.5) is 0 Å². The van der Waals surface area contributed by atoms with Crippen LogP contribution < -0.4 is 5.32 Å². The molecule has 19 heavy (non-hydrogen) atoms. The zero-order valence-electron chi connectivity index (χ0n) is 10.2. The number of hydrogen-bond acceptors (Lipinski definition) is 4. The predicted octanol–water partition coefficient (Wildman–Crippen LogP) is 0.917. The van der Waals surface area contributed by atoms with Crippen LogP contribution >= 0.6 is 0 Å². The van der Waals surface area contributed by atoms with Gasteiger partial charge in [-0.2, -0.15) is 0 Å². The minimum absolute atomic E-state index is 0.0564.